The summed E-state index contributed by atoms with van der Waals surface area (Å²) in [5.41, 5.74) is 6.80. The maximum atomic E-state index is 13.3. The molecule has 0 spiro atoms. The van der Waals surface area contributed by atoms with Crippen molar-refractivity contribution in [1.29, 1.82) is 0 Å². The van der Waals surface area contributed by atoms with E-state index in [0.29, 0.717) is 30.4 Å². The third-order valence-corrected chi connectivity index (χ3v) is 5.64. The van der Waals surface area contributed by atoms with E-state index in [9.17, 15) is 14.9 Å². The summed E-state index contributed by atoms with van der Waals surface area (Å²) in [5, 5.41) is 14.9. The van der Waals surface area contributed by atoms with Crippen LogP contribution in [-0.4, -0.2) is 34.0 Å². The molecule has 0 bridgehead atoms. The van der Waals surface area contributed by atoms with Crippen molar-refractivity contribution in [1.82, 2.24) is 15.4 Å². The minimum Gasteiger partial charge on any atom is -0.486 e. The van der Waals surface area contributed by atoms with Crippen LogP contribution in [0.3, 0.4) is 0 Å². The second kappa shape index (κ2) is 10.6. The first-order valence-corrected chi connectivity index (χ1v) is 11.4. The molecule has 1 aliphatic rings. The fourth-order valence-electron chi connectivity index (χ4n) is 3.97. The zero-order valence-corrected chi connectivity index (χ0v) is 19.5. The van der Waals surface area contributed by atoms with Crippen molar-refractivity contribution >= 4 is 28.9 Å². The smallest absolute Gasteiger partial charge is 0.355 e. The van der Waals surface area contributed by atoms with Crippen LogP contribution >= 0.6 is 0 Å². The van der Waals surface area contributed by atoms with Gasteiger partial charge in [-0.1, -0.05) is 60.7 Å². The number of benzene rings is 3. The molecule has 186 valence electrons. The summed E-state index contributed by atoms with van der Waals surface area (Å²) in [4.78, 5) is 32.7. The molecule has 1 amide bonds. The summed E-state index contributed by atoms with van der Waals surface area (Å²) >= 11 is 0. The van der Waals surface area contributed by atoms with Gasteiger partial charge in [0.25, 0.3) is 0 Å². The summed E-state index contributed by atoms with van der Waals surface area (Å²) in [6, 6.07) is 23.6. The Kier molecular flexibility index (Phi) is 6.75. The second-order valence-electron chi connectivity index (χ2n) is 8.03. The van der Waals surface area contributed by atoms with E-state index < -0.39 is 22.4 Å². The highest BCUT2D eigenvalue weighted by atomic mass is 16.6. The van der Waals surface area contributed by atoms with Gasteiger partial charge in [0.2, 0.25) is 17.5 Å². The summed E-state index contributed by atoms with van der Waals surface area (Å²) in [6.45, 7) is 0.859. The summed E-state index contributed by atoms with van der Waals surface area (Å²) < 4.78 is 11.1. The molecule has 1 aromatic heterocycles. The van der Waals surface area contributed by atoms with Gasteiger partial charge in [0, 0.05) is 11.8 Å². The predicted molar refractivity (Wildman–Crippen MR) is 136 cm³/mol. The Morgan fingerprint density at radius 2 is 1.49 bits per heavy atom. The monoisotopic (exact) mass is 498 g/mol. The highest BCUT2D eigenvalue weighted by molar-refractivity contribution is 5.88. The normalized spacial score (nSPS) is 12.0. The third-order valence-electron chi connectivity index (χ3n) is 5.64. The van der Waals surface area contributed by atoms with Gasteiger partial charge in [-0.15, -0.1) is 0 Å². The molecular weight excluding hydrogens is 476 g/mol. The largest absolute Gasteiger partial charge is 0.486 e. The molecule has 0 aliphatic carbocycles. The van der Waals surface area contributed by atoms with Crippen molar-refractivity contribution in [3.8, 4) is 11.5 Å². The molecule has 0 saturated carbocycles. The van der Waals surface area contributed by atoms with E-state index >= 15 is 0 Å². The third kappa shape index (κ3) is 5.25. The van der Waals surface area contributed by atoms with Crippen LogP contribution in [-0.2, 0) is 4.79 Å². The molecule has 0 atom stereocenters. The van der Waals surface area contributed by atoms with Crippen LogP contribution in [0.5, 0.6) is 11.5 Å². The zero-order chi connectivity index (χ0) is 25.6. The van der Waals surface area contributed by atoms with Gasteiger partial charge in [-0.25, -0.2) is 9.97 Å². The lowest BCUT2D eigenvalue weighted by molar-refractivity contribution is -0.383. The van der Waals surface area contributed by atoms with E-state index in [4.69, 9.17) is 9.47 Å². The van der Waals surface area contributed by atoms with E-state index in [1.165, 1.54) is 0 Å². The Morgan fingerprint density at radius 3 is 2.14 bits per heavy atom. The number of nitrogens with zero attached hydrogens (tertiary/aromatic N) is 3. The van der Waals surface area contributed by atoms with E-state index in [-0.39, 0.29) is 11.6 Å². The van der Waals surface area contributed by atoms with Crippen LogP contribution < -0.4 is 25.6 Å². The van der Waals surface area contributed by atoms with Crippen molar-refractivity contribution < 1.29 is 19.2 Å². The van der Waals surface area contributed by atoms with Gasteiger partial charge in [0.1, 0.15) is 19.5 Å². The number of nitrogens with one attached hydrogen (secondary N) is 3. The van der Waals surface area contributed by atoms with Gasteiger partial charge in [0.15, 0.2) is 11.5 Å². The molecule has 0 unspecified atom stereocenters. The van der Waals surface area contributed by atoms with Crippen LogP contribution in [0.15, 0.2) is 85.2 Å². The Morgan fingerprint density at radius 1 is 0.865 bits per heavy atom. The lowest BCUT2D eigenvalue weighted by Crippen LogP contribution is -2.35. The summed E-state index contributed by atoms with van der Waals surface area (Å²) in [7, 11) is 0. The number of rotatable bonds is 8. The molecule has 0 radical (unpaired) electrons. The van der Waals surface area contributed by atoms with Gasteiger partial charge in [-0.2, -0.15) is 0 Å². The minimum absolute atomic E-state index is 0.0592. The van der Waals surface area contributed by atoms with E-state index in [0.717, 1.165) is 17.5 Å². The first kappa shape index (κ1) is 23.5. The van der Waals surface area contributed by atoms with Crippen LogP contribution in [0, 0.1) is 10.1 Å². The number of hydrazine groups is 1. The van der Waals surface area contributed by atoms with Crippen molar-refractivity contribution in [3.05, 3.63) is 106 Å². The lowest BCUT2D eigenvalue weighted by Gasteiger charge is -2.19. The number of fused-ring (bicyclic) bond motifs is 1. The van der Waals surface area contributed by atoms with Crippen LogP contribution in [0.4, 0.5) is 23.0 Å². The molecule has 11 nitrogen and oxygen atoms in total. The highest BCUT2D eigenvalue weighted by Crippen LogP contribution is 2.36. The van der Waals surface area contributed by atoms with Crippen molar-refractivity contribution in [2.45, 2.75) is 5.92 Å². The average Bonchev–Trinajstić information content (AvgIpc) is 2.93. The highest BCUT2D eigenvalue weighted by Gasteiger charge is 2.27. The van der Waals surface area contributed by atoms with Gasteiger partial charge < -0.3 is 14.8 Å². The van der Waals surface area contributed by atoms with Gasteiger partial charge >= 0.3 is 5.69 Å². The van der Waals surface area contributed by atoms with E-state index in [1.54, 1.807) is 18.2 Å². The molecule has 5 rings (SSSR count). The van der Waals surface area contributed by atoms with Crippen LogP contribution in [0.1, 0.15) is 17.0 Å². The van der Waals surface area contributed by atoms with Crippen LogP contribution in [0.25, 0.3) is 0 Å². The fourth-order valence-corrected chi connectivity index (χ4v) is 3.97. The zero-order valence-electron chi connectivity index (χ0n) is 19.5. The Labute approximate surface area is 211 Å². The number of carbonyl (C=O) groups is 1. The Hall–Kier alpha value is -5.19. The Balaban J connectivity index is 1.38. The molecule has 3 N–H and O–H groups in total. The number of ether oxygens (including phenoxy) is 2. The number of aromatic nitrogens is 2. The molecule has 0 fully saturated rings. The number of amides is 1. The van der Waals surface area contributed by atoms with Crippen molar-refractivity contribution in [2.24, 2.45) is 0 Å². The average molecular weight is 498 g/mol. The molecule has 2 heterocycles. The molecule has 0 saturated heterocycles. The predicted octanol–water partition coefficient (Wildman–Crippen LogP) is 4.17. The van der Waals surface area contributed by atoms with Gasteiger partial charge in [-0.3, -0.25) is 25.8 Å². The van der Waals surface area contributed by atoms with E-state index in [2.05, 4.69) is 26.1 Å². The minimum atomic E-state index is -0.647. The maximum absolute atomic E-state index is 13.3. The topological polar surface area (TPSA) is 141 Å². The molecule has 3 aromatic carbocycles. The number of carbonyl (C=O) groups excluding carboxylic acids is 1. The molecule has 37 heavy (non-hydrogen) atoms. The first-order valence-electron chi connectivity index (χ1n) is 11.4. The number of hydrogen-bond acceptors (Lipinski definition) is 9. The van der Waals surface area contributed by atoms with Gasteiger partial charge in [-0.05, 0) is 23.3 Å². The number of anilines is 3. The molecule has 4 aromatic rings. The van der Waals surface area contributed by atoms with Crippen LogP contribution in [0.2, 0.25) is 0 Å². The second-order valence-corrected chi connectivity index (χ2v) is 8.03. The SMILES string of the molecule is O=C(NNc1ncnc(Nc2ccc3c(c2)OCCO3)c1[N+](=O)[O-])C(c1ccccc1)c1ccccc1. The van der Waals surface area contributed by atoms with E-state index in [1.807, 2.05) is 60.7 Å². The molecule has 1 aliphatic heterocycles. The summed E-state index contributed by atoms with van der Waals surface area (Å²) in [5.74, 6) is -0.181. The number of nitro groups is 1. The summed E-state index contributed by atoms with van der Waals surface area (Å²) in [6.07, 6.45) is 1.16. The molecule has 11 heteroatoms. The standard InChI is InChI=1S/C26H22N6O5/c33-26(22(17-7-3-1-4-8-17)18-9-5-2-6-10-18)31-30-25-23(32(34)35)24(27-16-28-25)29-19-11-12-20-21(15-19)37-14-13-36-20/h1-12,15-16,22H,13-14H2,(H,31,33)(H2,27,28,29,30). The Bertz CT molecular complexity index is 1380. The molecular formula is C26H22N6O5. The fraction of sp³-hybridized carbons (Fsp3) is 0.115. The maximum Gasteiger partial charge on any atom is 0.355 e. The lowest BCUT2D eigenvalue weighted by atomic mass is 9.91. The first-order chi connectivity index (χ1) is 18.1. The number of hydrogen-bond donors (Lipinski definition) is 3. The van der Waals surface area contributed by atoms with Crippen molar-refractivity contribution in [2.75, 3.05) is 24.0 Å². The van der Waals surface area contributed by atoms with Crippen molar-refractivity contribution in [3.63, 3.8) is 0 Å². The quantitative estimate of drug-likeness (QED) is 0.241. The van der Waals surface area contributed by atoms with Gasteiger partial charge in [0.05, 0.1) is 10.8 Å².